The van der Waals surface area contributed by atoms with Crippen molar-refractivity contribution in [3.05, 3.63) is 29.0 Å². The molecular weight excluding hydrogens is 448 g/mol. The van der Waals surface area contributed by atoms with E-state index in [1.807, 2.05) is 26.8 Å². The fraction of sp³-hybridized carbons (Fsp3) is 0.524. The molecule has 0 saturated heterocycles. The molecule has 0 fully saturated rings. The minimum absolute atomic E-state index is 0.149. The van der Waals surface area contributed by atoms with Crippen LogP contribution in [0, 0.1) is 0 Å². The van der Waals surface area contributed by atoms with Crippen LogP contribution in [-0.2, 0) is 34.2 Å². The highest BCUT2D eigenvalue weighted by Gasteiger charge is 2.23. The Hall–Kier alpha value is -2.37. The molecule has 32 heavy (non-hydrogen) atoms. The quantitative estimate of drug-likeness (QED) is 0.452. The van der Waals surface area contributed by atoms with Gasteiger partial charge in [-0.05, 0) is 31.0 Å². The molecule has 1 amide bonds. The highest BCUT2D eigenvalue weighted by atomic mass is 32.2. The number of aryl methyl sites for hydroxylation is 3. The number of aromatic nitrogens is 4. The lowest BCUT2D eigenvalue weighted by molar-refractivity contribution is -0.116. The predicted octanol–water partition coefficient (Wildman–Crippen LogP) is 3.46. The monoisotopic (exact) mass is 478 g/mol. The van der Waals surface area contributed by atoms with E-state index in [0.717, 1.165) is 35.7 Å². The van der Waals surface area contributed by atoms with E-state index in [9.17, 15) is 13.2 Å². The smallest absolute Gasteiger partial charge is 0.243 e. The topological polar surface area (TPSA) is 110 Å². The van der Waals surface area contributed by atoms with Gasteiger partial charge in [-0.15, -0.1) is 10.2 Å². The summed E-state index contributed by atoms with van der Waals surface area (Å²) in [5.74, 6) is 0.615. The first-order valence-corrected chi connectivity index (χ1v) is 13.2. The van der Waals surface area contributed by atoms with E-state index >= 15 is 0 Å². The van der Waals surface area contributed by atoms with Crippen LogP contribution in [-0.4, -0.2) is 51.5 Å². The molecule has 3 rings (SSSR count). The van der Waals surface area contributed by atoms with Crippen molar-refractivity contribution in [3.8, 4) is 0 Å². The first-order valence-electron chi connectivity index (χ1n) is 10.9. The van der Waals surface area contributed by atoms with Gasteiger partial charge >= 0.3 is 0 Å². The summed E-state index contributed by atoms with van der Waals surface area (Å²) in [6.07, 6.45) is 2.37. The van der Waals surface area contributed by atoms with Gasteiger partial charge in [-0.25, -0.2) is 13.4 Å². The summed E-state index contributed by atoms with van der Waals surface area (Å²) < 4.78 is 29.3. The lowest BCUT2D eigenvalue weighted by atomic mass is 10.2. The maximum absolute atomic E-state index is 12.9. The maximum Gasteiger partial charge on any atom is 0.243 e. The van der Waals surface area contributed by atoms with Gasteiger partial charge in [-0.3, -0.25) is 4.79 Å². The molecule has 0 spiro atoms. The highest BCUT2D eigenvalue weighted by molar-refractivity contribution is 7.89. The Bertz CT molecular complexity index is 1180. The number of fused-ring (bicyclic) bond motifs is 1. The Kier molecular flexibility index (Phi) is 7.96. The van der Waals surface area contributed by atoms with Gasteiger partial charge in [0, 0.05) is 32.5 Å². The third-order valence-electron chi connectivity index (χ3n) is 5.18. The highest BCUT2D eigenvalue weighted by Crippen LogP contribution is 2.24. The molecule has 0 aliphatic carbocycles. The van der Waals surface area contributed by atoms with Crippen LogP contribution < -0.4 is 5.32 Å². The Morgan fingerprint density at radius 1 is 1.16 bits per heavy atom. The van der Waals surface area contributed by atoms with E-state index in [1.54, 1.807) is 12.1 Å². The Morgan fingerprint density at radius 3 is 2.53 bits per heavy atom. The molecule has 0 aliphatic rings. The van der Waals surface area contributed by atoms with Gasteiger partial charge in [0.25, 0.3) is 0 Å². The van der Waals surface area contributed by atoms with Crippen molar-refractivity contribution in [2.45, 2.75) is 64.8 Å². The number of hydrogen-bond donors (Lipinski definition) is 1. The van der Waals surface area contributed by atoms with Gasteiger partial charge in [-0.1, -0.05) is 39.0 Å². The van der Waals surface area contributed by atoms with Crippen LogP contribution in [0.2, 0.25) is 0 Å². The molecule has 2 aromatic heterocycles. The molecule has 1 N–H and O–H groups in total. The number of nitrogens with one attached hydrogen (secondary N) is 1. The van der Waals surface area contributed by atoms with Crippen molar-refractivity contribution >= 4 is 43.4 Å². The van der Waals surface area contributed by atoms with E-state index in [-0.39, 0.29) is 17.2 Å². The molecular formula is C21H30N6O3S2. The number of sulfonamides is 1. The average Bonchev–Trinajstić information content (AvgIpc) is 3.37. The van der Waals surface area contributed by atoms with Crippen molar-refractivity contribution in [1.29, 1.82) is 0 Å². The van der Waals surface area contributed by atoms with Crippen LogP contribution in [0.25, 0.3) is 11.0 Å². The first kappa shape index (κ1) is 24.3. The minimum Gasteiger partial charge on any atom is -0.328 e. The molecule has 9 nitrogen and oxygen atoms in total. The maximum atomic E-state index is 12.9. The van der Waals surface area contributed by atoms with Gasteiger partial charge in [-0.2, -0.15) is 4.31 Å². The second kappa shape index (κ2) is 10.5. The van der Waals surface area contributed by atoms with Gasteiger partial charge in [0.15, 0.2) is 0 Å². The molecule has 174 valence electrons. The molecule has 0 radical (unpaired) electrons. The van der Waals surface area contributed by atoms with E-state index < -0.39 is 10.0 Å². The lowest BCUT2D eigenvalue weighted by Crippen LogP contribution is -2.30. The Morgan fingerprint density at radius 2 is 1.91 bits per heavy atom. The summed E-state index contributed by atoms with van der Waals surface area (Å²) >= 11 is 1.37. The van der Waals surface area contributed by atoms with Crippen LogP contribution in [0.4, 0.5) is 5.13 Å². The van der Waals surface area contributed by atoms with Crippen molar-refractivity contribution < 1.29 is 13.2 Å². The third kappa shape index (κ3) is 5.16. The molecule has 0 atom stereocenters. The normalized spacial score (nSPS) is 12.0. The second-order valence-corrected chi connectivity index (χ2v) is 10.3. The van der Waals surface area contributed by atoms with Crippen LogP contribution in [0.5, 0.6) is 0 Å². The van der Waals surface area contributed by atoms with Gasteiger partial charge in [0.2, 0.25) is 21.1 Å². The lowest BCUT2D eigenvalue weighted by Gasteiger charge is -2.18. The number of carbonyl (C=O) groups excluding carboxylic acids is 1. The summed E-state index contributed by atoms with van der Waals surface area (Å²) in [5, 5.41) is 12.2. The summed E-state index contributed by atoms with van der Waals surface area (Å²) in [6, 6.07) is 5.08. The zero-order valence-corrected chi connectivity index (χ0v) is 20.6. The largest absolute Gasteiger partial charge is 0.328 e. The molecule has 3 aromatic rings. The Balaban J connectivity index is 1.83. The molecule has 0 aliphatic heterocycles. The van der Waals surface area contributed by atoms with Crippen LogP contribution >= 0.6 is 11.3 Å². The fourth-order valence-corrected chi connectivity index (χ4v) is 5.72. The molecule has 0 saturated carbocycles. The molecule has 11 heteroatoms. The molecule has 0 bridgehead atoms. The van der Waals surface area contributed by atoms with Crippen molar-refractivity contribution in [2.24, 2.45) is 0 Å². The van der Waals surface area contributed by atoms with Gasteiger partial charge in [0.1, 0.15) is 10.8 Å². The second-order valence-electron chi connectivity index (χ2n) is 7.32. The number of imidazole rings is 1. The summed E-state index contributed by atoms with van der Waals surface area (Å²) in [4.78, 5) is 17.3. The van der Waals surface area contributed by atoms with Crippen LogP contribution in [0.15, 0.2) is 23.1 Å². The summed E-state index contributed by atoms with van der Waals surface area (Å²) in [5.41, 5.74) is 1.50. The zero-order valence-electron chi connectivity index (χ0n) is 19.0. The number of anilines is 1. The first-order chi connectivity index (χ1) is 15.3. The number of rotatable bonds is 11. The van der Waals surface area contributed by atoms with E-state index in [1.165, 1.54) is 15.6 Å². The number of carbonyl (C=O) groups is 1. The van der Waals surface area contributed by atoms with E-state index in [0.29, 0.717) is 30.2 Å². The van der Waals surface area contributed by atoms with Crippen LogP contribution in [0.3, 0.4) is 0 Å². The Labute approximate surface area is 192 Å². The number of benzene rings is 1. The predicted molar refractivity (Wildman–Crippen MR) is 126 cm³/mol. The van der Waals surface area contributed by atoms with Gasteiger partial charge in [0.05, 0.1) is 15.9 Å². The number of amides is 1. The van der Waals surface area contributed by atoms with E-state index in [4.69, 9.17) is 0 Å². The molecule has 2 heterocycles. The van der Waals surface area contributed by atoms with Crippen LogP contribution in [0.1, 0.15) is 51.4 Å². The molecule has 1 aromatic carbocycles. The molecule has 0 unspecified atom stereocenters. The third-order valence-corrected chi connectivity index (χ3v) is 8.21. The van der Waals surface area contributed by atoms with Crippen molar-refractivity contribution in [2.75, 3.05) is 18.4 Å². The summed E-state index contributed by atoms with van der Waals surface area (Å²) in [6.45, 7) is 9.27. The van der Waals surface area contributed by atoms with Crippen molar-refractivity contribution in [1.82, 2.24) is 24.1 Å². The number of hydrogen-bond acceptors (Lipinski definition) is 7. The van der Waals surface area contributed by atoms with E-state index in [2.05, 4.69) is 32.0 Å². The zero-order chi connectivity index (χ0) is 23.3. The fourth-order valence-electron chi connectivity index (χ4n) is 3.55. The SMILES string of the molecule is CCCn1c(CCC(=O)Nc2nnc(CC)s2)nc2cc(S(=O)(=O)N(CC)CC)ccc21. The van der Waals surface area contributed by atoms with Gasteiger partial charge < -0.3 is 9.88 Å². The standard InChI is InChI=1S/C21H30N6O3S2/c1-5-13-27-17-10-9-15(32(29,30)26(7-3)8-4)14-16(17)22-18(27)11-12-19(28)23-21-25-24-20(6-2)31-21/h9-10,14H,5-8,11-13H2,1-4H3,(H,23,25,28). The summed E-state index contributed by atoms with van der Waals surface area (Å²) in [7, 11) is -3.56. The average molecular weight is 479 g/mol. The number of nitrogens with zero attached hydrogens (tertiary/aromatic N) is 5. The van der Waals surface area contributed by atoms with Crippen molar-refractivity contribution in [3.63, 3.8) is 0 Å². The minimum atomic E-state index is -3.56.